The van der Waals surface area contributed by atoms with E-state index in [-0.39, 0.29) is 6.61 Å². The maximum absolute atomic E-state index is 9.52. The molecule has 1 aromatic heterocycles. The molecule has 2 rings (SSSR count). The second-order valence-electron chi connectivity index (χ2n) is 4.09. The lowest BCUT2D eigenvalue weighted by molar-refractivity contribution is 0.198. The van der Waals surface area contributed by atoms with Crippen LogP contribution in [0, 0.1) is 6.92 Å². The summed E-state index contributed by atoms with van der Waals surface area (Å²) in [4.78, 5) is 0. The van der Waals surface area contributed by atoms with E-state index in [0.717, 1.165) is 5.56 Å². The van der Waals surface area contributed by atoms with Crippen molar-refractivity contribution in [2.24, 2.45) is 0 Å². The zero-order valence-corrected chi connectivity index (χ0v) is 11.1. The van der Waals surface area contributed by atoms with Gasteiger partial charge >= 0.3 is 0 Å². The van der Waals surface area contributed by atoms with Gasteiger partial charge in [0.25, 0.3) is 5.89 Å². The molecule has 0 unspecified atom stereocenters. The third kappa shape index (κ3) is 3.23. The van der Waals surface area contributed by atoms with E-state index < -0.39 is 6.10 Å². The summed E-state index contributed by atoms with van der Waals surface area (Å²) in [6.45, 7) is 3.58. The van der Waals surface area contributed by atoms with Crippen molar-refractivity contribution in [3.8, 4) is 11.5 Å². The Bertz CT molecular complexity index is 551. The quantitative estimate of drug-likeness (QED) is 0.890. The van der Waals surface area contributed by atoms with Crippen molar-refractivity contribution in [2.45, 2.75) is 26.6 Å². The molecule has 2 aromatic rings. The maximum atomic E-state index is 9.52. The minimum absolute atomic E-state index is 0.172. The maximum Gasteiger partial charge on any atom is 0.253 e. The average molecular weight is 264 g/mol. The highest BCUT2D eigenvalue weighted by Gasteiger charge is 2.10. The fourth-order valence-electron chi connectivity index (χ4n) is 1.60. The van der Waals surface area contributed by atoms with E-state index in [2.05, 4.69) is 10.2 Å². The van der Waals surface area contributed by atoms with Crippen LogP contribution in [0.1, 0.15) is 30.4 Å². The molecular weight excluding hydrogens is 248 g/mol. The molecule has 0 aliphatic rings. The van der Waals surface area contributed by atoms with Crippen molar-refractivity contribution in [1.29, 1.82) is 0 Å². The number of hydrogen-bond acceptors (Lipinski definition) is 6. The fourth-order valence-corrected chi connectivity index (χ4v) is 1.60. The standard InChI is InChI=1S/C13H16N2O4/c1-8(16)10-4-5-11(12(6-10)17-3)18-7-13-15-14-9(2)19-13/h4-6,8,16H,7H2,1-3H3/t8-/m1/s1. The number of aryl methyl sites for hydroxylation is 1. The molecule has 0 aliphatic carbocycles. The van der Waals surface area contributed by atoms with Gasteiger partial charge in [0, 0.05) is 6.92 Å². The molecule has 1 aromatic carbocycles. The summed E-state index contributed by atoms with van der Waals surface area (Å²) < 4.78 is 16.0. The van der Waals surface area contributed by atoms with Gasteiger partial charge < -0.3 is 19.0 Å². The van der Waals surface area contributed by atoms with Gasteiger partial charge in [0.05, 0.1) is 13.2 Å². The summed E-state index contributed by atoms with van der Waals surface area (Å²) in [6, 6.07) is 5.25. The van der Waals surface area contributed by atoms with Crippen LogP contribution in [0.2, 0.25) is 0 Å². The van der Waals surface area contributed by atoms with Crippen molar-refractivity contribution in [1.82, 2.24) is 10.2 Å². The first kappa shape index (κ1) is 13.4. The van der Waals surface area contributed by atoms with Crippen molar-refractivity contribution >= 4 is 0 Å². The fraction of sp³-hybridized carbons (Fsp3) is 0.385. The Hall–Kier alpha value is -2.08. The van der Waals surface area contributed by atoms with Gasteiger partial charge in [0.1, 0.15) is 0 Å². The number of aliphatic hydroxyl groups is 1. The zero-order valence-electron chi connectivity index (χ0n) is 11.1. The summed E-state index contributed by atoms with van der Waals surface area (Å²) >= 11 is 0. The van der Waals surface area contributed by atoms with Crippen LogP contribution in [-0.4, -0.2) is 22.4 Å². The molecule has 0 spiro atoms. The summed E-state index contributed by atoms with van der Waals surface area (Å²) in [6.07, 6.45) is -0.554. The summed E-state index contributed by atoms with van der Waals surface area (Å²) in [5.41, 5.74) is 0.762. The van der Waals surface area contributed by atoms with Crippen molar-refractivity contribution in [3.05, 3.63) is 35.5 Å². The largest absolute Gasteiger partial charge is 0.493 e. The molecular formula is C13H16N2O4. The second kappa shape index (κ2) is 5.71. The van der Waals surface area contributed by atoms with Gasteiger partial charge in [-0.25, -0.2) is 0 Å². The Morgan fingerprint density at radius 1 is 1.32 bits per heavy atom. The molecule has 1 heterocycles. The second-order valence-corrected chi connectivity index (χ2v) is 4.09. The molecule has 0 saturated carbocycles. The summed E-state index contributed by atoms with van der Waals surface area (Å²) in [5, 5.41) is 17.1. The van der Waals surface area contributed by atoms with Crippen molar-refractivity contribution in [3.63, 3.8) is 0 Å². The van der Waals surface area contributed by atoms with Gasteiger partial charge in [-0.15, -0.1) is 10.2 Å². The molecule has 0 aliphatic heterocycles. The Morgan fingerprint density at radius 2 is 2.11 bits per heavy atom. The van der Waals surface area contributed by atoms with E-state index in [9.17, 15) is 5.11 Å². The lowest BCUT2D eigenvalue weighted by Crippen LogP contribution is -1.99. The highest BCUT2D eigenvalue weighted by molar-refractivity contribution is 5.43. The van der Waals surface area contributed by atoms with Gasteiger partial charge in [-0.1, -0.05) is 6.07 Å². The van der Waals surface area contributed by atoms with Gasteiger partial charge in [-0.2, -0.15) is 0 Å². The van der Waals surface area contributed by atoms with Crippen LogP contribution in [0.5, 0.6) is 11.5 Å². The number of ether oxygens (including phenoxy) is 2. The van der Waals surface area contributed by atoms with E-state index in [1.54, 1.807) is 39.2 Å². The third-order valence-electron chi connectivity index (χ3n) is 2.59. The Morgan fingerprint density at radius 3 is 2.68 bits per heavy atom. The zero-order chi connectivity index (χ0) is 13.8. The third-order valence-corrected chi connectivity index (χ3v) is 2.59. The predicted molar refractivity (Wildman–Crippen MR) is 67.0 cm³/mol. The van der Waals surface area contributed by atoms with E-state index in [1.165, 1.54) is 0 Å². The molecule has 0 bridgehead atoms. The Labute approximate surface area is 111 Å². The molecule has 1 atom stereocenters. The summed E-state index contributed by atoms with van der Waals surface area (Å²) in [7, 11) is 1.55. The summed E-state index contributed by atoms with van der Waals surface area (Å²) in [5.74, 6) is 2.01. The van der Waals surface area contributed by atoms with Crippen LogP contribution in [0.3, 0.4) is 0 Å². The topological polar surface area (TPSA) is 77.6 Å². The lowest BCUT2D eigenvalue weighted by atomic mass is 10.1. The first-order valence-electron chi connectivity index (χ1n) is 5.88. The first-order chi connectivity index (χ1) is 9.10. The van der Waals surface area contributed by atoms with E-state index in [0.29, 0.717) is 23.3 Å². The minimum Gasteiger partial charge on any atom is -0.493 e. The number of benzene rings is 1. The monoisotopic (exact) mass is 264 g/mol. The van der Waals surface area contributed by atoms with Gasteiger partial charge in [0.2, 0.25) is 5.89 Å². The van der Waals surface area contributed by atoms with Crippen LogP contribution < -0.4 is 9.47 Å². The molecule has 6 heteroatoms. The van der Waals surface area contributed by atoms with Crippen LogP contribution in [-0.2, 0) is 6.61 Å². The molecule has 1 N–H and O–H groups in total. The van der Waals surface area contributed by atoms with E-state index >= 15 is 0 Å². The Kier molecular flexibility index (Phi) is 4.01. The Balaban J connectivity index is 2.11. The van der Waals surface area contributed by atoms with Crippen LogP contribution in [0.15, 0.2) is 22.6 Å². The number of aliphatic hydroxyl groups excluding tert-OH is 1. The van der Waals surface area contributed by atoms with Crippen molar-refractivity contribution < 1.29 is 19.0 Å². The highest BCUT2D eigenvalue weighted by Crippen LogP contribution is 2.30. The van der Waals surface area contributed by atoms with Crippen LogP contribution in [0.4, 0.5) is 0 Å². The number of aromatic nitrogens is 2. The normalized spacial score (nSPS) is 12.2. The van der Waals surface area contributed by atoms with Gasteiger partial charge in [-0.05, 0) is 24.6 Å². The highest BCUT2D eigenvalue weighted by atomic mass is 16.5. The minimum atomic E-state index is -0.554. The van der Waals surface area contributed by atoms with Crippen LogP contribution in [0.25, 0.3) is 0 Å². The number of rotatable bonds is 5. The van der Waals surface area contributed by atoms with E-state index in [1.807, 2.05) is 0 Å². The average Bonchev–Trinajstić information content (AvgIpc) is 2.81. The van der Waals surface area contributed by atoms with Crippen LogP contribution >= 0.6 is 0 Å². The predicted octanol–water partition coefficient (Wildman–Crippen LogP) is 2.02. The molecule has 0 fully saturated rings. The molecule has 19 heavy (non-hydrogen) atoms. The molecule has 0 amide bonds. The van der Waals surface area contributed by atoms with E-state index in [4.69, 9.17) is 13.9 Å². The number of methoxy groups -OCH3 is 1. The smallest absolute Gasteiger partial charge is 0.253 e. The molecule has 0 radical (unpaired) electrons. The van der Waals surface area contributed by atoms with Gasteiger partial charge in [-0.3, -0.25) is 0 Å². The lowest BCUT2D eigenvalue weighted by Gasteiger charge is -2.12. The molecule has 6 nitrogen and oxygen atoms in total. The molecule has 102 valence electrons. The SMILES string of the molecule is COc1cc([C@@H](C)O)ccc1OCc1nnc(C)o1. The number of hydrogen-bond donors (Lipinski definition) is 1. The van der Waals surface area contributed by atoms with Crippen molar-refractivity contribution in [2.75, 3.05) is 7.11 Å². The first-order valence-corrected chi connectivity index (χ1v) is 5.88. The molecule has 0 saturated heterocycles. The number of nitrogens with zero attached hydrogens (tertiary/aromatic N) is 2. The van der Waals surface area contributed by atoms with Gasteiger partial charge in [0.15, 0.2) is 18.1 Å².